The molecule has 1 aromatic heterocycles. The summed E-state index contributed by atoms with van der Waals surface area (Å²) in [6, 6.07) is 6.96. The maximum absolute atomic E-state index is 11.3. The third-order valence-electron chi connectivity index (χ3n) is 6.50. The fraction of sp³-hybridized carbons (Fsp3) is 0.435. The summed E-state index contributed by atoms with van der Waals surface area (Å²) < 4.78 is 0. The van der Waals surface area contributed by atoms with E-state index in [0.29, 0.717) is 12.0 Å². The second-order valence-electron chi connectivity index (χ2n) is 8.23. The predicted molar refractivity (Wildman–Crippen MR) is 120 cm³/mol. The van der Waals surface area contributed by atoms with Crippen molar-refractivity contribution in [2.75, 3.05) is 23.3 Å². The van der Waals surface area contributed by atoms with E-state index >= 15 is 0 Å². The van der Waals surface area contributed by atoms with E-state index in [1.807, 2.05) is 5.38 Å². The van der Waals surface area contributed by atoms with E-state index in [4.69, 9.17) is 0 Å². The zero-order valence-electron chi connectivity index (χ0n) is 16.7. The number of fused-ring (bicyclic) bond motifs is 1. The first kappa shape index (κ1) is 18.9. The lowest BCUT2D eigenvalue weighted by atomic mass is 9.85. The average Bonchev–Trinajstić information content (AvgIpc) is 3.38. The minimum absolute atomic E-state index is 0.187. The number of hydrogen-bond acceptors (Lipinski definition) is 6. The fourth-order valence-corrected chi connectivity index (χ4v) is 5.68. The molecule has 3 heterocycles. The molecule has 152 valence electrons. The monoisotopic (exact) mass is 408 g/mol. The summed E-state index contributed by atoms with van der Waals surface area (Å²) in [5, 5.41) is 17.5. The van der Waals surface area contributed by atoms with Crippen LogP contribution in [0.2, 0.25) is 0 Å². The predicted octanol–water partition coefficient (Wildman–Crippen LogP) is 4.30. The van der Waals surface area contributed by atoms with Gasteiger partial charge in [-0.15, -0.1) is 11.3 Å². The number of hydrogen-bond donors (Lipinski definition) is 2. The number of piperidine rings is 1. The number of aryl methyl sites for hydroxylation is 1. The first-order chi connectivity index (χ1) is 14.2. The van der Waals surface area contributed by atoms with Crippen molar-refractivity contribution in [1.29, 1.82) is 0 Å². The number of allylic oxidation sites excluding steroid dienone is 2. The first-order valence-electron chi connectivity index (χ1n) is 10.5. The normalized spacial score (nSPS) is 29.2. The topological polar surface area (TPSA) is 51.6 Å². The smallest absolute Gasteiger partial charge is 0.187 e. The minimum atomic E-state index is -0.468. The molecule has 0 saturated carbocycles. The van der Waals surface area contributed by atoms with Crippen molar-refractivity contribution in [3.8, 4) is 0 Å². The van der Waals surface area contributed by atoms with Gasteiger partial charge in [0.15, 0.2) is 5.13 Å². The summed E-state index contributed by atoms with van der Waals surface area (Å²) in [6.45, 7) is 4.08. The third-order valence-corrected chi connectivity index (χ3v) is 7.19. The van der Waals surface area contributed by atoms with Gasteiger partial charge in [-0.2, -0.15) is 0 Å². The minimum Gasteiger partial charge on any atom is -0.372 e. The molecule has 5 rings (SSSR count). The lowest BCUT2D eigenvalue weighted by molar-refractivity contribution is 0.0266. The van der Waals surface area contributed by atoms with Crippen molar-refractivity contribution < 1.29 is 5.11 Å². The van der Waals surface area contributed by atoms with E-state index in [2.05, 4.69) is 69.5 Å². The number of aromatic nitrogens is 1. The van der Waals surface area contributed by atoms with Crippen LogP contribution in [-0.4, -0.2) is 46.4 Å². The molecule has 5 nitrogen and oxygen atoms in total. The molecule has 3 aliphatic rings. The molecule has 2 fully saturated rings. The summed E-state index contributed by atoms with van der Waals surface area (Å²) in [4.78, 5) is 9.02. The fourth-order valence-electron chi connectivity index (χ4n) is 5.14. The number of benzene rings is 1. The molecule has 0 radical (unpaired) electrons. The van der Waals surface area contributed by atoms with Gasteiger partial charge in [-0.05, 0) is 62.4 Å². The van der Waals surface area contributed by atoms with Crippen LogP contribution in [0, 0.1) is 12.8 Å². The molecule has 0 spiro atoms. The molecule has 4 atom stereocenters. The molecule has 29 heavy (non-hydrogen) atoms. The Morgan fingerprint density at radius 2 is 2.07 bits per heavy atom. The Hall–Kier alpha value is -2.15. The molecular formula is C23H28N4OS. The Balaban J connectivity index is 1.32. The highest BCUT2D eigenvalue weighted by atomic mass is 32.1. The lowest BCUT2D eigenvalue weighted by Gasteiger charge is -2.44. The van der Waals surface area contributed by atoms with Gasteiger partial charge < -0.3 is 15.3 Å². The quantitative estimate of drug-likeness (QED) is 0.790. The van der Waals surface area contributed by atoms with Crippen LogP contribution in [0.25, 0.3) is 0 Å². The van der Waals surface area contributed by atoms with Crippen molar-refractivity contribution in [2.45, 2.75) is 44.5 Å². The molecule has 0 bridgehead atoms. The maximum atomic E-state index is 11.3. The van der Waals surface area contributed by atoms with E-state index < -0.39 is 6.23 Å². The van der Waals surface area contributed by atoms with E-state index in [0.717, 1.165) is 36.0 Å². The van der Waals surface area contributed by atoms with Gasteiger partial charge in [0.1, 0.15) is 6.23 Å². The summed E-state index contributed by atoms with van der Waals surface area (Å²) in [7, 11) is 0. The van der Waals surface area contributed by atoms with Crippen molar-refractivity contribution in [3.05, 3.63) is 59.6 Å². The summed E-state index contributed by atoms with van der Waals surface area (Å²) in [6.07, 6.45) is 13.8. The molecule has 6 heteroatoms. The summed E-state index contributed by atoms with van der Waals surface area (Å²) >= 11 is 1.59. The van der Waals surface area contributed by atoms with Crippen molar-refractivity contribution in [3.63, 3.8) is 0 Å². The van der Waals surface area contributed by atoms with Crippen molar-refractivity contribution in [2.24, 2.45) is 5.92 Å². The first-order valence-corrected chi connectivity index (χ1v) is 11.4. The number of aliphatic hydroxyl groups is 1. The molecule has 1 aromatic carbocycles. The average molecular weight is 409 g/mol. The van der Waals surface area contributed by atoms with Gasteiger partial charge in [-0.1, -0.05) is 24.3 Å². The van der Waals surface area contributed by atoms with Gasteiger partial charge in [-0.3, -0.25) is 4.90 Å². The van der Waals surface area contributed by atoms with Gasteiger partial charge in [0.05, 0.1) is 6.04 Å². The largest absolute Gasteiger partial charge is 0.372 e. The Kier molecular flexibility index (Phi) is 5.16. The second-order valence-corrected chi connectivity index (χ2v) is 9.13. The van der Waals surface area contributed by atoms with Gasteiger partial charge in [0.2, 0.25) is 0 Å². The maximum Gasteiger partial charge on any atom is 0.187 e. The second kappa shape index (κ2) is 7.94. The SMILES string of the molecule is Cc1cc(Nc2nccs2)ccc1N1CC[C@H](N2CCCC3C=CC=CC32)C1O. The van der Waals surface area contributed by atoms with E-state index in [1.54, 1.807) is 17.5 Å². The Bertz CT molecular complexity index is 910. The van der Waals surface area contributed by atoms with E-state index in [1.165, 1.54) is 18.4 Å². The number of nitrogens with zero attached hydrogens (tertiary/aromatic N) is 3. The molecule has 2 saturated heterocycles. The molecule has 2 aromatic rings. The highest BCUT2D eigenvalue weighted by molar-refractivity contribution is 7.13. The van der Waals surface area contributed by atoms with Crippen LogP contribution in [0.1, 0.15) is 24.8 Å². The summed E-state index contributed by atoms with van der Waals surface area (Å²) in [5.41, 5.74) is 3.32. The van der Waals surface area contributed by atoms with Crippen molar-refractivity contribution in [1.82, 2.24) is 9.88 Å². The van der Waals surface area contributed by atoms with Gasteiger partial charge in [0, 0.05) is 35.5 Å². The zero-order chi connectivity index (χ0) is 19.8. The zero-order valence-corrected chi connectivity index (χ0v) is 17.6. The van der Waals surface area contributed by atoms with Crippen LogP contribution < -0.4 is 10.2 Å². The van der Waals surface area contributed by atoms with Crippen molar-refractivity contribution >= 4 is 27.8 Å². The Morgan fingerprint density at radius 3 is 2.90 bits per heavy atom. The molecule has 0 amide bonds. The van der Waals surface area contributed by atoms with Crippen LogP contribution >= 0.6 is 11.3 Å². The Morgan fingerprint density at radius 1 is 1.17 bits per heavy atom. The highest BCUT2D eigenvalue weighted by Crippen LogP contribution is 2.36. The lowest BCUT2D eigenvalue weighted by Crippen LogP contribution is -2.54. The van der Waals surface area contributed by atoms with Crippen LogP contribution in [0.3, 0.4) is 0 Å². The van der Waals surface area contributed by atoms with Crippen LogP contribution in [-0.2, 0) is 0 Å². The van der Waals surface area contributed by atoms with Gasteiger partial charge in [0.25, 0.3) is 0 Å². The number of thiazole rings is 1. The number of aliphatic hydroxyl groups excluding tert-OH is 1. The molecule has 2 N–H and O–H groups in total. The van der Waals surface area contributed by atoms with Crippen LogP contribution in [0.5, 0.6) is 0 Å². The number of rotatable bonds is 4. The Labute approximate surface area is 176 Å². The number of nitrogens with one attached hydrogen (secondary N) is 1. The van der Waals surface area contributed by atoms with Gasteiger partial charge in [-0.25, -0.2) is 4.98 Å². The third kappa shape index (κ3) is 3.61. The molecule has 1 aliphatic carbocycles. The van der Waals surface area contributed by atoms with Crippen LogP contribution in [0.15, 0.2) is 54.1 Å². The molecule has 3 unspecified atom stereocenters. The summed E-state index contributed by atoms with van der Waals surface area (Å²) in [5.74, 6) is 0.591. The van der Waals surface area contributed by atoms with E-state index in [9.17, 15) is 5.11 Å². The van der Waals surface area contributed by atoms with Crippen LogP contribution in [0.4, 0.5) is 16.5 Å². The standard InChI is InChI=1S/C23H28N4OS/c1-16-15-18(25-23-24-11-14-29-23)8-9-19(16)27-13-10-21(22(27)28)26-12-4-6-17-5-2-3-7-20(17)26/h2-3,5,7-9,11,14-15,17,20-22,28H,4,6,10,12-13H2,1H3,(H,24,25)/t17?,20?,21-,22?/m0/s1. The van der Waals surface area contributed by atoms with Gasteiger partial charge >= 0.3 is 0 Å². The number of anilines is 3. The highest BCUT2D eigenvalue weighted by Gasteiger charge is 2.42. The molecular weight excluding hydrogens is 380 g/mol. The molecule has 2 aliphatic heterocycles. The van der Waals surface area contributed by atoms with E-state index in [-0.39, 0.29) is 6.04 Å². The number of likely N-dealkylation sites (tertiary alicyclic amines) is 1.